The number of carbonyl (C=O) groups excluding carboxylic acids is 1. The van der Waals surface area contributed by atoms with Crippen molar-refractivity contribution in [2.24, 2.45) is 11.8 Å². The molecule has 0 fully saturated rings. The maximum atomic E-state index is 11.3. The summed E-state index contributed by atoms with van der Waals surface area (Å²) in [5.41, 5.74) is 0. The lowest BCUT2D eigenvalue weighted by Crippen LogP contribution is -2.26. The molecule has 0 heterocycles. The maximum Gasteiger partial charge on any atom is 0.303 e. The summed E-state index contributed by atoms with van der Waals surface area (Å²) in [6.07, 6.45) is 7.55. The summed E-state index contributed by atoms with van der Waals surface area (Å²) in [6, 6.07) is 0. The van der Waals surface area contributed by atoms with Gasteiger partial charge in [0.2, 0.25) is 5.91 Å². The van der Waals surface area contributed by atoms with E-state index < -0.39 is 5.97 Å². The highest BCUT2D eigenvalue weighted by atomic mass is 16.4. The van der Waals surface area contributed by atoms with Crippen LogP contribution < -0.4 is 5.32 Å². The second-order valence-electron chi connectivity index (χ2n) is 4.78. The normalized spacial score (nSPS) is 11.9. The van der Waals surface area contributed by atoms with Gasteiger partial charge in [-0.2, -0.15) is 0 Å². The first-order chi connectivity index (χ1) is 8.47. The Hall–Kier alpha value is -1.50. The molecule has 0 aromatic rings. The Labute approximate surface area is 109 Å². The van der Waals surface area contributed by atoms with Crippen molar-refractivity contribution in [3.63, 3.8) is 0 Å². The Morgan fingerprint density at radius 2 is 1.94 bits per heavy atom. The Morgan fingerprint density at radius 1 is 1.28 bits per heavy atom. The number of terminal acetylenes is 1. The largest absolute Gasteiger partial charge is 0.481 e. The third kappa shape index (κ3) is 8.63. The second kappa shape index (κ2) is 9.52. The summed E-state index contributed by atoms with van der Waals surface area (Å²) in [5, 5.41) is 11.5. The van der Waals surface area contributed by atoms with Gasteiger partial charge in [-0.3, -0.25) is 9.59 Å². The van der Waals surface area contributed by atoms with Crippen molar-refractivity contribution in [1.29, 1.82) is 0 Å². The molecular formula is C14H23NO3. The molecule has 0 aliphatic rings. The van der Waals surface area contributed by atoms with Crippen molar-refractivity contribution < 1.29 is 14.7 Å². The Morgan fingerprint density at radius 3 is 2.44 bits per heavy atom. The standard InChI is InChI=1S/C14H23NO3/c1-4-5-6-13(16)15-10-9-12(11(2)3)7-8-14(17)18/h1,11-12H,5-10H2,2-3H3,(H,15,16)(H,17,18). The summed E-state index contributed by atoms with van der Waals surface area (Å²) >= 11 is 0. The van der Waals surface area contributed by atoms with Crippen LogP contribution in [0.2, 0.25) is 0 Å². The van der Waals surface area contributed by atoms with Gasteiger partial charge in [0, 0.05) is 25.8 Å². The van der Waals surface area contributed by atoms with Gasteiger partial charge in [-0.25, -0.2) is 0 Å². The molecule has 102 valence electrons. The van der Waals surface area contributed by atoms with Crippen LogP contribution in [0.3, 0.4) is 0 Å². The van der Waals surface area contributed by atoms with E-state index in [9.17, 15) is 9.59 Å². The lowest BCUT2D eigenvalue weighted by molar-refractivity contribution is -0.137. The van der Waals surface area contributed by atoms with E-state index in [2.05, 4.69) is 25.1 Å². The van der Waals surface area contributed by atoms with Crippen LogP contribution in [-0.2, 0) is 9.59 Å². The number of aliphatic carboxylic acids is 1. The van der Waals surface area contributed by atoms with Crippen molar-refractivity contribution in [2.75, 3.05) is 6.54 Å². The summed E-state index contributed by atoms with van der Waals surface area (Å²) in [7, 11) is 0. The number of hydrogen-bond acceptors (Lipinski definition) is 2. The van der Waals surface area contributed by atoms with E-state index in [1.54, 1.807) is 0 Å². The van der Waals surface area contributed by atoms with Crippen LogP contribution in [0.4, 0.5) is 0 Å². The SMILES string of the molecule is C#CCCC(=O)NCCC(CCC(=O)O)C(C)C. The molecule has 1 amide bonds. The quantitative estimate of drug-likeness (QED) is 0.618. The molecule has 0 rings (SSSR count). The first-order valence-electron chi connectivity index (χ1n) is 6.39. The van der Waals surface area contributed by atoms with Crippen LogP contribution in [0, 0.1) is 24.2 Å². The lowest BCUT2D eigenvalue weighted by atomic mass is 9.88. The zero-order chi connectivity index (χ0) is 14.0. The van der Waals surface area contributed by atoms with Gasteiger partial charge < -0.3 is 10.4 Å². The monoisotopic (exact) mass is 253 g/mol. The third-order valence-corrected chi connectivity index (χ3v) is 3.01. The van der Waals surface area contributed by atoms with Crippen LogP contribution in [0.15, 0.2) is 0 Å². The number of carboxylic acid groups (broad SMARTS) is 1. The molecule has 0 aromatic carbocycles. The van der Waals surface area contributed by atoms with Crippen LogP contribution in [-0.4, -0.2) is 23.5 Å². The predicted octanol–water partition coefficient (Wildman–Crippen LogP) is 2.04. The predicted molar refractivity (Wildman–Crippen MR) is 70.9 cm³/mol. The number of carboxylic acids is 1. The highest BCUT2D eigenvalue weighted by Gasteiger charge is 2.15. The highest BCUT2D eigenvalue weighted by Crippen LogP contribution is 2.20. The third-order valence-electron chi connectivity index (χ3n) is 3.01. The van der Waals surface area contributed by atoms with Gasteiger partial charge in [-0.05, 0) is 24.7 Å². The molecule has 0 aromatic heterocycles. The number of amides is 1. The van der Waals surface area contributed by atoms with E-state index in [0.29, 0.717) is 37.6 Å². The molecule has 0 spiro atoms. The Bertz CT molecular complexity index is 305. The molecule has 0 radical (unpaired) electrons. The number of nitrogens with one attached hydrogen (secondary N) is 1. The average molecular weight is 253 g/mol. The van der Waals surface area contributed by atoms with Crippen molar-refractivity contribution in [1.82, 2.24) is 5.32 Å². The minimum Gasteiger partial charge on any atom is -0.481 e. The summed E-state index contributed by atoms with van der Waals surface area (Å²) in [6.45, 7) is 4.74. The highest BCUT2D eigenvalue weighted by molar-refractivity contribution is 5.76. The van der Waals surface area contributed by atoms with Crippen LogP contribution >= 0.6 is 0 Å². The molecular weight excluding hydrogens is 230 g/mol. The van der Waals surface area contributed by atoms with Crippen molar-refractivity contribution >= 4 is 11.9 Å². The van der Waals surface area contributed by atoms with Crippen molar-refractivity contribution in [3.05, 3.63) is 0 Å². The molecule has 0 saturated heterocycles. The first kappa shape index (κ1) is 16.5. The Balaban J connectivity index is 3.87. The molecule has 0 bridgehead atoms. The van der Waals surface area contributed by atoms with Gasteiger partial charge >= 0.3 is 5.97 Å². The lowest BCUT2D eigenvalue weighted by Gasteiger charge is -2.20. The van der Waals surface area contributed by atoms with E-state index in [1.807, 2.05) is 0 Å². The molecule has 0 saturated carbocycles. The van der Waals surface area contributed by atoms with Gasteiger partial charge in [0.1, 0.15) is 0 Å². The number of hydrogen-bond donors (Lipinski definition) is 2. The van der Waals surface area contributed by atoms with E-state index in [4.69, 9.17) is 11.5 Å². The summed E-state index contributed by atoms with van der Waals surface area (Å²) < 4.78 is 0. The van der Waals surface area contributed by atoms with Gasteiger partial charge in [-0.15, -0.1) is 12.3 Å². The van der Waals surface area contributed by atoms with Crippen LogP contribution in [0.5, 0.6) is 0 Å². The van der Waals surface area contributed by atoms with E-state index >= 15 is 0 Å². The fraction of sp³-hybridized carbons (Fsp3) is 0.714. The van der Waals surface area contributed by atoms with Crippen molar-refractivity contribution in [2.45, 2.75) is 46.0 Å². The van der Waals surface area contributed by atoms with Gasteiger partial charge in [-0.1, -0.05) is 13.8 Å². The fourth-order valence-corrected chi connectivity index (χ4v) is 1.79. The minimum absolute atomic E-state index is 0.0336. The Kier molecular flexibility index (Phi) is 8.73. The molecule has 2 N–H and O–H groups in total. The van der Waals surface area contributed by atoms with E-state index in [-0.39, 0.29) is 12.3 Å². The molecule has 4 nitrogen and oxygen atoms in total. The molecule has 0 aliphatic heterocycles. The van der Waals surface area contributed by atoms with Gasteiger partial charge in [0.25, 0.3) is 0 Å². The van der Waals surface area contributed by atoms with E-state index in [0.717, 1.165) is 6.42 Å². The number of rotatable bonds is 9. The minimum atomic E-state index is -0.765. The number of carbonyl (C=O) groups is 2. The van der Waals surface area contributed by atoms with Crippen molar-refractivity contribution in [3.8, 4) is 12.3 Å². The van der Waals surface area contributed by atoms with E-state index in [1.165, 1.54) is 0 Å². The summed E-state index contributed by atoms with van der Waals surface area (Å²) in [5.74, 6) is 2.37. The van der Waals surface area contributed by atoms with Gasteiger partial charge in [0.05, 0.1) is 0 Å². The maximum absolute atomic E-state index is 11.3. The molecule has 0 aliphatic carbocycles. The fourth-order valence-electron chi connectivity index (χ4n) is 1.79. The zero-order valence-corrected chi connectivity index (χ0v) is 11.2. The van der Waals surface area contributed by atoms with Crippen LogP contribution in [0.25, 0.3) is 0 Å². The first-order valence-corrected chi connectivity index (χ1v) is 6.39. The topological polar surface area (TPSA) is 66.4 Å². The zero-order valence-electron chi connectivity index (χ0n) is 11.2. The average Bonchev–Trinajstić information content (AvgIpc) is 2.30. The molecule has 1 unspecified atom stereocenters. The summed E-state index contributed by atoms with van der Waals surface area (Å²) in [4.78, 5) is 21.9. The van der Waals surface area contributed by atoms with Gasteiger partial charge in [0.15, 0.2) is 0 Å². The molecule has 4 heteroatoms. The molecule has 18 heavy (non-hydrogen) atoms. The second-order valence-corrected chi connectivity index (χ2v) is 4.78. The van der Waals surface area contributed by atoms with Crippen LogP contribution in [0.1, 0.15) is 46.0 Å². The smallest absolute Gasteiger partial charge is 0.303 e. The molecule has 1 atom stereocenters.